The number of rotatable bonds is 1. The Balaban J connectivity index is 2.25. The lowest BCUT2D eigenvalue weighted by molar-refractivity contribution is 0.252. The molecule has 0 radical (unpaired) electrons. The van der Waals surface area contributed by atoms with Gasteiger partial charge >= 0.3 is 6.03 Å². The minimum atomic E-state index is -0.0742. The summed E-state index contributed by atoms with van der Waals surface area (Å²) < 4.78 is 0.913. The van der Waals surface area contributed by atoms with Crippen LogP contribution < -0.4 is 10.2 Å². The van der Waals surface area contributed by atoms with E-state index in [0.29, 0.717) is 18.9 Å². The second-order valence-electron chi connectivity index (χ2n) is 2.72. The summed E-state index contributed by atoms with van der Waals surface area (Å²) in [6.07, 6.45) is 1.68. The Labute approximate surface area is 84.1 Å². The zero-order valence-electron chi connectivity index (χ0n) is 6.83. The summed E-state index contributed by atoms with van der Waals surface area (Å²) in [6, 6.07) is 3.61. The van der Waals surface area contributed by atoms with Gasteiger partial charge in [-0.1, -0.05) is 0 Å². The average molecular weight is 242 g/mol. The Kier molecular flexibility index (Phi) is 2.18. The number of hydrogen-bond donors (Lipinski definition) is 1. The lowest BCUT2D eigenvalue weighted by Gasteiger charge is -2.11. The van der Waals surface area contributed by atoms with Crippen LogP contribution in [0, 0.1) is 0 Å². The number of anilines is 1. The molecule has 4 nitrogen and oxygen atoms in total. The monoisotopic (exact) mass is 241 g/mol. The second kappa shape index (κ2) is 3.33. The van der Waals surface area contributed by atoms with Crippen LogP contribution in [0.5, 0.6) is 0 Å². The maximum Gasteiger partial charge on any atom is 0.323 e. The van der Waals surface area contributed by atoms with Crippen LogP contribution in [-0.2, 0) is 0 Å². The van der Waals surface area contributed by atoms with Crippen molar-refractivity contribution in [1.29, 1.82) is 0 Å². The molecule has 5 heteroatoms. The molecule has 2 amide bonds. The number of carbonyl (C=O) groups excluding carboxylic acids is 1. The topological polar surface area (TPSA) is 45.2 Å². The van der Waals surface area contributed by atoms with Crippen molar-refractivity contribution in [1.82, 2.24) is 10.3 Å². The van der Waals surface area contributed by atoms with Gasteiger partial charge in [0.1, 0.15) is 5.82 Å². The van der Waals surface area contributed by atoms with Gasteiger partial charge in [0.2, 0.25) is 0 Å². The van der Waals surface area contributed by atoms with Crippen LogP contribution in [0.15, 0.2) is 22.8 Å². The number of nitrogens with zero attached hydrogens (tertiary/aromatic N) is 2. The first-order valence-electron chi connectivity index (χ1n) is 3.94. The molecule has 1 fully saturated rings. The number of amides is 2. The van der Waals surface area contributed by atoms with Crippen molar-refractivity contribution in [3.8, 4) is 0 Å². The Morgan fingerprint density at radius 3 is 2.92 bits per heavy atom. The van der Waals surface area contributed by atoms with Crippen molar-refractivity contribution in [2.75, 3.05) is 18.0 Å². The van der Waals surface area contributed by atoms with Gasteiger partial charge < -0.3 is 5.32 Å². The van der Waals surface area contributed by atoms with Crippen LogP contribution in [-0.4, -0.2) is 24.1 Å². The highest BCUT2D eigenvalue weighted by Crippen LogP contribution is 2.15. The van der Waals surface area contributed by atoms with Crippen LogP contribution in [0.4, 0.5) is 10.6 Å². The van der Waals surface area contributed by atoms with Crippen molar-refractivity contribution >= 4 is 27.8 Å². The molecule has 0 aliphatic carbocycles. The smallest absolute Gasteiger partial charge is 0.323 e. The molecule has 1 aliphatic heterocycles. The predicted octanol–water partition coefficient (Wildman–Crippen LogP) is 1.37. The van der Waals surface area contributed by atoms with Crippen molar-refractivity contribution in [2.45, 2.75) is 0 Å². The molecular weight excluding hydrogens is 234 g/mol. The normalized spacial score (nSPS) is 16.1. The SMILES string of the molecule is O=C1NCCN1c1ccc(Br)cn1. The van der Waals surface area contributed by atoms with E-state index in [1.54, 1.807) is 11.1 Å². The molecule has 1 aliphatic rings. The molecule has 1 saturated heterocycles. The fourth-order valence-electron chi connectivity index (χ4n) is 1.22. The van der Waals surface area contributed by atoms with Crippen molar-refractivity contribution in [2.24, 2.45) is 0 Å². The predicted molar refractivity (Wildman–Crippen MR) is 52.7 cm³/mol. The van der Waals surface area contributed by atoms with Gasteiger partial charge in [-0.2, -0.15) is 0 Å². The summed E-state index contributed by atoms with van der Waals surface area (Å²) in [5, 5.41) is 2.72. The van der Waals surface area contributed by atoms with Gasteiger partial charge in [-0.3, -0.25) is 4.90 Å². The summed E-state index contributed by atoms with van der Waals surface area (Å²) in [7, 11) is 0. The molecule has 1 aromatic rings. The first kappa shape index (κ1) is 8.50. The number of carbonyl (C=O) groups is 1. The van der Waals surface area contributed by atoms with E-state index in [4.69, 9.17) is 0 Å². The fourth-order valence-corrected chi connectivity index (χ4v) is 1.45. The molecule has 0 unspecified atom stereocenters. The third-order valence-electron chi connectivity index (χ3n) is 1.85. The van der Waals surface area contributed by atoms with Crippen LogP contribution >= 0.6 is 15.9 Å². The number of aromatic nitrogens is 1. The Hall–Kier alpha value is -1.10. The van der Waals surface area contributed by atoms with Gasteiger partial charge in [0, 0.05) is 23.8 Å². The summed E-state index contributed by atoms with van der Waals surface area (Å²) in [5.41, 5.74) is 0. The van der Waals surface area contributed by atoms with Crippen LogP contribution in [0.2, 0.25) is 0 Å². The van der Waals surface area contributed by atoms with Crippen molar-refractivity contribution in [3.05, 3.63) is 22.8 Å². The second-order valence-corrected chi connectivity index (χ2v) is 3.63. The van der Waals surface area contributed by atoms with Gasteiger partial charge in [-0.15, -0.1) is 0 Å². The first-order valence-corrected chi connectivity index (χ1v) is 4.73. The molecule has 68 valence electrons. The number of urea groups is 1. The largest absolute Gasteiger partial charge is 0.336 e. The maximum atomic E-state index is 11.2. The summed E-state index contributed by atoms with van der Waals surface area (Å²) in [5.74, 6) is 0.693. The van der Waals surface area contributed by atoms with Gasteiger partial charge in [-0.05, 0) is 28.1 Å². The number of halogens is 1. The van der Waals surface area contributed by atoms with E-state index in [-0.39, 0.29) is 6.03 Å². The van der Waals surface area contributed by atoms with E-state index >= 15 is 0 Å². The third kappa shape index (κ3) is 1.65. The molecular formula is C8H8BrN3O. The molecule has 13 heavy (non-hydrogen) atoms. The van der Waals surface area contributed by atoms with E-state index in [1.807, 2.05) is 12.1 Å². The number of pyridine rings is 1. The van der Waals surface area contributed by atoms with Gasteiger partial charge in [0.05, 0.1) is 0 Å². The van der Waals surface area contributed by atoms with Gasteiger partial charge in [0.15, 0.2) is 0 Å². The minimum Gasteiger partial charge on any atom is -0.336 e. The van der Waals surface area contributed by atoms with Crippen LogP contribution in [0.1, 0.15) is 0 Å². The lowest BCUT2D eigenvalue weighted by Crippen LogP contribution is -2.28. The number of hydrogen-bond acceptors (Lipinski definition) is 2. The quantitative estimate of drug-likeness (QED) is 0.808. The van der Waals surface area contributed by atoms with Crippen LogP contribution in [0.25, 0.3) is 0 Å². The molecule has 0 bridgehead atoms. The summed E-state index contributed by atoms with van der Waals surface area (Å²) in [4.78, 5) is 17.0. The summed E-state index contributed by atoms with van der Waals surface area (Å²) >= 11 is 3.29. The molecule has 0 spiro atoms. The minimum absolute atomic E-state index is 0.0742. The van der Waals surface area contributed by atoms with E-state index in [9.17, 15) is 4.79 Å². The van der Waals surface area contributed by atoms with Gasteiger partial charge in [-0.25, -0.2) is 9.78 Å². The van der Waals surface area contributed by atoms with Crippen molar-refractivity contribution in [3.63, 3.8) is 0 Å². The zero-order valence-corrected chi connectivity index (χ0v) is 8.41. The Bertz CT molecular complexity index is 325. The molecule has 0 aromatic carbocycles. The van der Waals surface area contributed by atoms with E-state index in [2.05, 4.69) is 26.2 Å². The fraction of sp³-hybridized carbons (Fsp3) is 0.250. The highest BCUT2D eigenvalue weighted by atomic mass is 79.9. The van der Waals surface area contributed by atoms with E-state index < -0.39 is 0 Å². The van der Waals surface area contributed by atoms with Crippen LogP contribution in [0.3, 0.4) is 0 Å². The Morgan fingerprint density at radius 1 is 1.54 bits per heavy atom. The van der Waals surface area contributed by atoms with Gasteiger partial charge in [0.25, 0.3) is 0 Å². The third-order valence-corrected chi connectivity index (χ3v) is 2.31. The lowest BCUT2D eigenvalue weighted by atomic mass is 10.4. The van der Waals surface area contributed by atoms with E-state index in [0.717, 1.165) is 4.47 Å². The summed E-state index contributed by atoms with van der Waals surface area (Å²) in [6.45, 7) is 1.38. The highest BCUT2D eigenvalue weighted by molar-refractivity contribution is 9.10. The standard InChI is InChI=1S/C8H8BrN3O/c9-6-1-2-7(11-5-6)12-4-3-10-8(12)13/h1-2,5H,3-4H2,(H,10,13). The number of nitrogens with one attached hydrogen (secondary N) is 1. The zero-order chi connectivity index (χ0) is 9.26. The molecule has 0 atom stereocenters. The average Bonchev–Trinajstić information content (AvgIpc) is 2.53. The Morgan fingerprint density at radius 2 is 2.38 bits per heavy atom. The molecule has 2 rings (SSSR count). The highest BCUT2D eigenvalue weighted by Gasteiger charge is 2.21. The molecule has 1 N–H and O–H groups in total. The van der Waals surface area contributed by atoms with Crippen molar-refractivity contribution < 1.29 is 4.79 Å². The molecule has 1 aromatic heterocycles. The molecule has 2 heterocycles. The maximum absolute atomic E-state index is 11.2. The van der Waals surface area contributed by atoms with E-state index in [1.165, 1.54) is 0 Å². The molecule has 0 saturated carbocycles. The first-order chi connectivity index (χ1) is 6.27.